The summed E-state index contributed by atoms with van der Waals surface area (Å²) >= 11 is 9.70. The lowest BCUT2D eigenvalue weighted by Crippen LogP contribution is -1.95. The van der Waals surface area contributed by atoms with E-state index in [2.05, 4.69) is 32.0 Å². The highest BCUT2D eigenvalue weighted by atomic mass is 79.9. The van der Waals surface area contributed by atoms with Crippen molar-refractivity contribution in [2.24, 2.45) is 0 Å². The molecule has 0 atom stereocenters. The first kappa shape index (κ1) is 11.0. The molecule has 17 heavy (non-hydrogen) atoms. The highest BCUT2D eigenvalue weighted by Crippen LogP contribution is 2.27. The van der Waals surface area contributed by atoms with Crippen LogP contribution in [0.1, 0.15) is 11.4 Å². The van der Waals surface area contributed by atoms with Crippen LogP contribution in [0.3, 0.4) is 0 Å². The number of hydrogen-bond acceptors (Lipinski definition) is 2. The molecule has 0 aliphatic rings. The Kier molecular flexibility index (Phi) is 2.38. The predicted octanol–water partition coefficient (Wildman–Crippen LogP) is 3.92. The number of benzene rings is 1. The van der Waals surface area contributed by atoms with E-state index >= 15 is 0 Å². The van der Waals surface area contributed by atoms with Crippen LogP contribution in [0.5, 0.6) is 0 Å². The average molecular weight is 311 g/mol. The molecule has 0 aliphatic heterocycles. The molecule has 0 N–H and O–H groups in total. The van der Waals surface area contributed by atoms with Crippen molar-refractivity contribution in [1.82, 2.24) is 14.4 Å². The van der Waals surface area contributed by atoms with Crippen LogP contribution in [0.15, 0.2) is 22.8 Å². The molecule has 3 aromatic rings. The average Bonchev–Trinajstić information content (AvgIpc) is 2.65. The molecule has 0 saturated heterocycles. The molecule has 0 aliphatic carbocycles. The molecular weight excluding hydrogens is 302 g/mol. The van der Waals surface area contributed by atoms with E-state index in [0.717, 1.165) is 32.4 Å². The predicted molar refractivity (Wildman–Crippen MR) is 72.7 cm³/mol. The smallest absolute Gasteiger partial charge is 0.155 e. The van der Waals surface area contributed by atoms with Crippen LogP contribution in [0.4, 0.5) is 0 Å². The molecule has 3 rings (SSSR count). The van der Waals surface area contributed by atoms with Gasteiger partial charge in [0, 0.05) is 4.47 Å². The standard InChI is InChI=1S/C12H9BrClN3/c1-6-3-9-10(4-8(6)13)17-7(2)15-5-11(17)12(14)16-9/h3-5H,1-2H3. The maximum atomic E-state index is 6.16. The molecule has 0 unspecified atom stereocenters. The maximum Gasteiger partial charge on any atom is 0.155 e. The van der Waals surface area contributed by atoms with Gasteiger partial charge >= 0.3 is 0 Å². The van der Waals surface area contributed by atoms with Crippen LogP contribution >= 0.6 is 27.5 Å². The van der Waals surface area contributed by atoms with Gasteiger partial charge in [-0.25, -0.2) is 9.97 Å². The fourth-order valence-electron chi connectivity index (χ4n) is 1.98. The second-order valence-corrected chi connectivity index (χ2v) is 5.23. The number of rotatable bonds is 0. The topological polar surface area (TPSA) is 30.2 Å². The summed E-state index contributed by atoms with van der Waals surface area (Å²) < 4.78 is 3.08. The summed E-state index contributed by atoms with van der Waals surface area (Å²) in [7, 11) is 0. The molecule has 2 heterocycles. The summed E-state index contributed by atoms with van der Waals surface area (Å²) in [5, 5.41) is 0.486. The van der Waals surface area contributed by atoms with Gasteiger partial charge in [0.05, 0.1) is 17.2 Å². The number of halogens is 2. The Labute approximate surface area is 112 Å². The largest absolute Gasteiger partial charge is 0.292 e. The van der Waals surface area contributed by atoms with Crippen LogP contribution < -0.4 is 0 Å². The Balaban J connectivity index is 2.62. The zero-order chi connectivity index (χ0) is 12.2. The summed E-state index contributed by atoms with van der Waals surface area (Å²) in [6.07, 6.45) is 1.75. The van der Waals surface area contributed by atoms with Crippen molar-refractivity contribution in [3.63, 3.8) is 0 Å². The zero-order valence-electron chi connectivity index (χ0n) is 9.33. The van der Waals surface area contributed by atoms with Crippen LogP contribution in [-0.4, -0.2) is 14.4 Å². The van der Waals surface area contributed by atoms with E-state index < -0.39 is 0 Å². The quantitative estimate of drug-likeness (QED) is 0.630. The van der Waals surface area contributed by atoms with E-state index in [1.165, 1.54) is 0 Å². The van der Waals surface area contributed by atoms with Gasteiger partial charge in [0.1, 0.15) is 11.3 Å². The monoisotopic (exact) mass is 309 g/mol. The lowest BCUT2D eigenvalue weighted by molar-refractivity contribution is 1.07. The third kappa shape index (κ3) is 1.55. The number of aryl methyl sites for hydroxylation is 2. The van der Waals surface area contributed by atoms with Gasteiger partial charge in [0.15, 0.2) is 5.15 Å². The SMILES string of the molecule is Cc1cc2nc(Cl)c3cnc(C)n3c2cc1Br. The molecule has 3 nitrogen and oxygen atoms in total. The third-order valence-electron chi connectivity index (χ3n) is 2.86. The van der Waals surface area contributed by atoms with E-state index in [1.807, 2.05) is 24.3 Å². The first-order valence-electron chi connectivity index (χ1n) is 5.17. The number of fused-ring (bicyclic) bond motifs is 3. The van der Waals surface area contributed by atoms with Gasteiger partial charge in [0.2, 0.25) is 0 Å². The molecule has 2 aromatic heterocycles. The molecule has 86 valence electrons. The third-order valence-corrected chi connectivity index (χ3v) is 4.00. The van der Waals surface area contributed by atoms with E-state index in [-0.39, 0.29) is 0 Å². The van der Waals surface area contributed by atoms with Crippen molar-refractivity contribution >= 4 is 44.1 Å². The second-order valence-electron chi connectivity index (χ2n) is 4.02. The second kappa shape index (κ2) is 3.68. The summed E-state index contributed by atoms with van der Waals surface area (Å²) in [5.74, 6) is 0.907. The minimum absolute atomic E-state index is 0.486. The van der Waals surface area contributed by atoms with Gasteiger partial charge in [-0.3, -0.25) is 4.40 Å². The summed E-state index contributed by atoms with van der Waals surface area (Å²) in [6, 6.07) is 4.07. The molecule has 1 aromatic carbocycles. The van der Waals surface area contributed by atoms with E-state index in [9.17, 15) is 0 Å². The molecule has 0 bridgehead atoms. The van der Waals surface area contributed by atoms with E-state index in [1.54, 1.807) is 6.20 Å². The van der Waals surface area contributed by atoms with Gasteiger partial charge in [-0.2, -0.15) is 0 Å². The van der Waals surface area contributed by atoms with Crippen LogP contribution in [0.25, 0.3) is 16.6 Å². The molecule has 0 spiro atoms. The summed E-state index contributed by atoms with van der Waals surface area (Å²) in [6.45, 7) is 3.99. The lowest BCUT2D eigenvalue weighted by atomic mass is 10.2. The normalized spacial score (nSPS) is 11.5. The molecular formula is C12H9BrClN3. The Hall–Kier alpha value is -1.13. The highest BCUT2D eigenvalue weighted by molar-refractivity contribution is 9.10. The molecule has 0 saturated carbocycles. The van der Waals surface area contributed by atoms with Crippen molar-refractivity contribution in [1.29, 1.82) is 0 Å². The Bertz CT molecular complexity index is 748. The zero-order valence-corrected chi connectivity index (χ0v) is 11.7. The van der Waals surface area contributed by atoms with Crippen molar-refractivity contribution in [3.8, 4) is 0 Å². The lowest BCUT2D eigenvalue weighted by Gasteiger charge is -2.07. The van der Waals surface area contributed by atoms with Crippen LogP contribution in [-0.2, 0) is 0 Å². The van der Waals surface area contributed by atoms with Crippen LogP contribution in [0.2, 0.25) is 5.15 Å². The maximum absolute atomic E-state index is 6.16. The fraction of sp³-hybridized carbons (Fsp3) is 0.167. The van der Waals surface area contributed by atoms with Crippen molar-refractivity contribution in [2.45, 2.75) is 13.8 Å². The molecule has 5 heteroatoms. The Morgan fingerprint density at radius 1 is 1.24 bits per heavy atom. The van der Waals surface area contributed by atoms with Gasteiger partial charge in [-0.05, 0) is 31.5 Å². The number of imidazole rings is 1. The minimum Gasteiger partial charge on any atom is -0.292 e. The van der Waals surface area contributed by atoms with Gasteiger partial charge in [-0.15, -0.1) is 0 Å². The van der Waals surface area contributed by atoms with Crippen molar-refractivity contribution < 1.29 is 0 Å². The molecule has 0 radical (unpaired) electrons. The summed E-state index contributed by atoms with van der Waals surface area (Å²) in [5.41, 5.74) is 3.87. The first-order valence-corrected chi connectivity index (χ1v) is 6.34. The van der Waals surface area contributed by atoms with Crippen molar-refractivity contribution in [3.05, 3.63) is 39.3 Å². The number of aromatic nitrogens is 3. The van der Waals surface area contributed by atoms with Crippen molar-refractivity contribution in [2.75, 3.05) is 0 Å². The Morgan fingerprint density at radius 3 is 2.76 bits per heavy atom. The van der Waals surface area contributed by atoms with E-state index in [0.29, 0.717) is 5.15 Å². The first-order chi connectivity index (χ1) is 8.08. The number of hydrogen-bond donors (Lipinski definition) is 0. The van der Waals surface area contributed by atoms with Crippen LogP contribution in [0, 0.1) is 13.8 Å². The summed E-state index contributed by atoms with van der Waals surface area (Å²) in [4.78, 5) is 8.68. The molecule has 0 fully saturated rings. The van der Waals surface area contributed by atoms with Gasteiger partial charge in [-0.1, -0.05) is 27.5 Å². The van der Waals surface area contributed by atoms with Gasteiger partial charge in [0.25, 0.3) is 0 Å². The minimum atomic E-state index is 0.486. The fourth-order valence-corrected chi connectivity index (χ4v) is 2.54. The molecule has 0 amide bonds. The number of nitrogens with zero attached hydrogens (tertiary/aromatic N) is 3. The Morgan fingerprint density at radius 2 is 2.00 bits per heavy atom. The van der Waals surface area contributed by atoms with Gasteiger partial charge < -0.3 is 0 Å². The van der Waals surface area contributed by atoms with E-state index in [4.69, 9.17) is 11.6 Å². The highest BCUT2D eigenvalue weighted by Gasteiger charge is 2.11.